The van der Waals surface area contributed by atoms with E-state index in [9.17, 15) is 0 Å². The van der Waals surface area contributed by atoms with Gasteiger partial charge >= 0.3 is 0 Å². The Bertz CT molecular complexity index is 473. The Morgan fingerprint density at radius 2 is 2.18 bits per heavy atom. The minimum absolute atomic E-state index is 0. The number of nitrogens with one attached hydrogen (secondary N) is 1. The van der Waals surface area contributed by atoms with Crippen LogP contribution in [0.2, 0.25) is 0 Å². The molecule has 22 heavy (non-hydrogen) atoms. The van der Waals surface area contributed by atoms with Gasteiger partial charge in [-0.25, -0.2) is 0 Å². The van der Waals surface area contributed by atoms with Crippen molar-refractivity contribution in [2.45, 2.75) is 38.8 Å². The van der Waals surface area contributed by atoms with Crippen molar-refractivity contribution in [1.82, 2.24) is 10.2 Å². The van der Waals surface area contributed by atoms with Crippen molar-refractivity contribution in [2.24, 2.45) is 4.99 Å². The second-order valence-corrected chi connectivity index (χ2v) is 5.68. The Morgan fingerprint density at radius 3 is 2.82 bits per heavy atom. The lowest BCUT2D eigenvalue weighted by atomic mass is 10.1. The third kappa shape index (κ3) is 5.76. The van der Waals surface area contributed by atoms with Gasteiger partial charge in [0.15, 0.2) is 5.96 Å². The summed E-state index contributed by atoms with van der Waals surface area (Å²) in [5.41, 5.74) is 2.65. The van der Waals surface area contributed by atoms with Gasteiger partial charge in [-0.2, -0.15) is 0 Å². The molecular weight excluding hydrogens is 389 g/mol. The van der Waals surface area contributed by atoms with Crippen LogP contribution in [-0.2, 0) is 11.3 Å². The summed E-state index contributed by atoms with van der Waals surface area (Å²) in [6.45, 7) is 4.85. The van der Waals surface area contributed by atoms with Crippen LogP contribution in [-0.4, -0.2) is 44.2 Å². The number of hydrogen-bond acceptors (Lipinski definition) is 2. The largest absolute Gasteiger partial charge is 0.378 e. The van der Waals surface area contributed by atoms with Crippen molar-refractivity contribution in [3.8, 4) is 0 Å². The minimum atomic E-state index is 0. The Hall–Kier alpha value is -0.820. The number of nitrogens with zero attached hydrogens (tertiary/aromatic N) is 2. The molecule has 5 heteroatoms. The molecule has 124 valence electrons. The SMILES string of the molecule is CN=C(NCCC1CCCO1)N(C)Cc1ccccc1C.I. The fourth-order valence-electron chi connectivity index (χ4n) is 2.72. The van der Waals surface area contributed by atoms with E-state index < -0.39 is 0 Å². The van der Waals surface area contributed by atoms with Gasteiger partial charge in [-0.05, 0) is 37.3 Å². The molecular formula is C17H28IN3O. The van der Waals surface area contributed by atoms with Crippen molar-refractivity contribution in [2.75, 3.05) is 27.2 Å². The number of guanidine groups is 1. The van der Waals surface area contributed by atoms with Gasteiger partial charge in [0.05, 0.1) is 6.10 Å². The quantitative estimate of drug-likeness (QED) is 0.454. The van der Waals surface area contributed by atoms with Crippen LogP contribution in [0.1, 0.15) is 30.4 Å². The Labute approximate surface area is 151 Å². The fraction of sp³-hybridized carbons (Fsp3) is 0.588. The Morgan fingerprint density at radius 1 is 1.41 bits per heavy atom. The van der Waals surface area contributed by atoms with Crippen LogP contribution in [0.3, 0.4) is 0 Å². The maximum absolute atomic E-state index is 5.65. The number of hydrogen-bond donors (Lipinski definition) is 1. The molecule has 1 unspecified atom stereocenters. The molecule has 0 spiro atoms. The smallest absolute Gasteiger partial charge is 0.193 e. The maximum atomic E-state index is 5.65. The normalized spacial score (nSPS) is 18.0. The van der Waals surface area contributed by atoms with Crippen molar-refractivity contribution in [3.05, 3.63) is 35.4 Å². The van der Waals surface area contributed by atoms with Crippen molar-refractivity contribution in [1.29, 1.82) is 0 Å². The first-order valence-electron chi connectivity index (χ1n) is 7.78. The predicted molar refractivity (Wildman–Crippen MR) is 103 cm³/mol. The number of benzene rings is 1. The molecule has 0 aromatic heterocycles. The molecule has 1 atom stereocenters. The van der Waals surface area contributed by atoms with E-state index in [0.29, 0.717) is 6.10 Å². The Balaban J connectivity index is 0.00000242. The van der Waals surface area contributed by atoms with Gasteiger partial charge in [0.1, 0.15) is 0 Å². The lowest BCUT2D eigenvalue weighted by Crippen LogP contribution is -2.39. The highest BCUT2D eigenvalue weighted by Crippen LogP contribution is 2.14. The molecule has 0 radical (unpaired) electrons. The summed E-state index contributed by atoms with van der Waals surface area (Å²) in [5.74, 6) is 0.941. The maximum Gasteiger partial charge on any atom is 0.193 e. The molecule has 1 aliphatic rings. The van der Waals surface area contributed by atoms with Gasteiger partial charge in [-0.3, -0.25) is 4.99 Å². The van der Waals surface area contributed by atoms with E-state index in [4.69, 9.17) is 4.74 Å². The number of aryl methyl sites for hydroxylation is 1. The van der Waals surface area contributed by atoms with Crippen LogP contribution in [0, 0.1) is 6.92 Å². The van der Waals surface area contributed by atoms with Gasteiger partial charge < -0.3 is 15.0 Å². The van der Waals surface area contributed by atoms with Gasteiger partial charge in [-0.15, -0.1) is 24.0 Å². The van der Waals surface area contributed by atoms with E-state index in [1.54, 1.807) is 0 Å². The molecule has 0 amide bonds. The number of ether oxygens (including phenoxy) is 1. The average molecular weight is 417 g/mol. The van der Waals surface area contributed by atoms with Crippen molar-refractivity contribution < 1.29 is 4.74 Å². The molecule has 1 aromatic rings. The number of aliphatic imine (C=N–C) groups is 1. The number of halogens is 1. The summed E-state index contributed by atoms with van der Waals surface area (Å²) in [5, 5.41) is 3.43. The molecule has 1 aliphatic heterocycles. The molecule has 0 bridgehead atoms. The van der Waals surface area contributed by atoms with E-state index in [1.807, 2.05) is 7.05 Å². The van der Waals surface area contributed by atoms with Gasteiger partial charge in [0, 0.05) is 33.8 Å². The standard InChI is InChI=1S/C17H27N3O.HI/c1-14-7-4-5-8-15(14)13-20(3)17(18-2)19-11-10-16-9-6-12-21-16;/h4-5,7-8,16H,6,9-13H2,1-3H3,(H,18,19);1H. The molecule has 4 nitrogen and oxygen atoms in total. The molecule has 1 heterocycles. The summed E-state index contributed by atoms with van der Waals surface area (Å²) in [7, 11) is 3.91. The first-order chi connectivity index (χ1) is 10.2. The molecule has 1 fully saturated rings. The Kier molecular flexibility index (Phi) is 8.78. The summed E-state index contributed by atoms with van der Waals surface area (Å²) < 4.78 is 5.65. The predicted octanol–water partition coefficient (Wildman–Crippen LogP) is 3.19. The first-order valence-corrected chi connectivity index (χ1v) is 7.78. The van der Waals surface area contributed by atoms with Gasteiger partial charge in [-0.1, -0.05) is 24.3 Å². The highest BCUT2D eigenvalue weighted by atomic mass is 127. The second-order valence-electron chi connectivity index (χ2n) is 5.68. The molecule has 1 N–H and O–H groups in total. The third-order valence-electron chi connectivity index (χ3n) is 4.02. The zero-order chi connectivity index (χ0) is 15.1. The van der Waals surface area contributed by atoms with Crippen LogP contribution in [0.15, 0.2) is 29.3 Å². The molecule has 2 rings (SSSR count). The highest BCUT2D eigenvalue weighted by molar-refractivity contribution is 14.0. The van der Waals surface area contributed by atoms with E-state index in [0.717, 1.165) is 32.1 Å². The van der Waals surface area contributed by atoms with Gasteiger partial charge in [0.25, 0.3) is 0 Å². The zero-order valence-corrected chi connectivity index (χ0v) is 16.2. The molecule has 0 saturated carbocycles. The molecule has 1 saturated heterocycles. The van der Waals surface area contributed by atoms with Crippen LogP contribution in [0.25, 0.3) is 0 Å². The molecule has 0 aliphatic carbocycles. The monoisotopic (exact) mass is 417 g/mol. The van der Waals surface area contributed by atoms with E-state index in [2.05, 4.69) is 53.4 Å². The van der Waals surface area contributed by atoms with Crippen molar-refractivity contribution in [3.63, 3.8) is 0 Å². The van der Waals surface area contributed by atoms with Crippen molar-refractivity contribution >= 4 is 29.9 Å². The van der Waals surface area contributed by atoms with E-state index >= 15 is 0 Å². The zero-order valence-electron chi connectivity index (χ0n) is 13.8. The fourth-order valence-corrected chi connectivity index (χ4v) is 2.72. The van der Waals surface area contributed by atoms with E-state index in [-0.39, 0.29) is 24.0 Å². The number of rotatable bonds is 5. The minimum Gasteiger partial charge on any atom is -0.378 e. The lowest BCUT2D eigenvalue weighted by Gasteiger charge is -2.23. The third-order valence-corrected chi connectivity index (χ3v) is 4.02. The van der Waals surface area contributed by atoms with Gasteiger partial charge in [0.2, 0.25) is 0 Å². The summed E-state index contributed by atoms with van der Waals surface area (Å²) >= 11 is 0. The first kappa shape index (κ1) is 19.2. The van der Waals surface area contributed by atoms with E-state index in [1.165, 1.54) is 24.0 Å². The summed E-state index contributed by atoms with van der Waals surface area (Å²) in [6.07, 6.45) is 3.88. The lowest BCUT2D eigenvalue weighted by molar-refractivity contribution is 0.105. The van der Waals surface area contributed by atoms with Crippen LogP contribution < -0.4 is 5.32 Å². The van der Waals surface area contributed by atoms with Crippen LogP contribution in [0.5, 0.6) is 0 Å². The average Bonchev–Trinajstić information content (AvgIpc) is 2.99. The van der Waals surface area contributed by atoms with Crippen LogP contribution in [0.4, 0.5) is 0 Å². The second kappa shape index (κ2) is 10.0. The highest BCUT2D eigenvalue weighted by Gasteiger charge is 2.15. The topological polar surface area (TPSA) is 36.9 Å². The molecule has 1 aromatic carbocycles. The summed E-state index contributed by atoms with van der Waals surface area (Å²) in [6, 6.07) is 8.49. The summed E-state index contributed by atoms with van der Waals surface area (Å²) in [4.78, 5) is 6.53. The van der Waals surface area contributed by atoms with Crippen LogP contribution >= 0.6 is 24.0 Å².